The molecule has 0 aliphatic carbocycles. The zero-order valence-corrected chi connectivity index (χ0v) is 15.8. The zero-order valence-electron chi connectivity index (χ0n) is 13.4. The van der Waals surface area contributed by atoms with E-state index < -0.39 is 11.7 Å². The predicted molar refractivity (Wildman–Crippen MR) is 105 cm³/mol. The van der Waals surface area contributed by atoms with Crippen molar-refractivity contribution in [2.24, 2.45) is 5.73 Å². The van der Waals surface area contributed by atoms with Crippen molar-refractivity contribution in [2.45, 2.75) is 0 Å². The van der Waals surface area contributed by atoms with Crippen molar-refractivity contribution < 1.29 is 13.9 Å². The summed E-state index contributed by atoms with van der Waals surface area (Å²) in [7, 11) is 0. The Morgan fingerprint density at radius 2 is 1.88 bits per heavy atom. The van der Waals surface area contributed by atoms with Gasteiger partial charge in [-0.3, -0.25) is 4.90 Å². The second-order valence-electron chi connectivity index (χ2n) is 5.27. The molecule has 3 aromatic rings. The minimum atomic E-state index is -0.677. The Bertz CT molecular complexity index is 1010. The number of carbonyl (C=O) groups excluding carboxylic acids is 1. The van der Waals surface area contributed by atoms with Crippen molar-refractivity contribution in [1.29, 1.82) is 0 Å². The molecule has 2 aromatic carbocycles. The van der Waals surface area contributed by atoms with E-state index in [4.69, 9.17) is 26.5 Å². The highest BCUT2D eigenvalue weighted by atomic mass is 79.9. The molecule has 0 aliphatic heterocycles. The topological polar surface area (TPSA) is 85.8 Å². The first-order chi connectivity index (χ1) is 12.5. The number of fused-ring (bicyclic) bond motifs is 1. The largest absolute Gasteiger partial charge is 0.463 e. The molecule has 2 amide bonds. The molecular weight excluding hydrogens is 424 g/mol. The molecule has 0 atom stereocenters. The van der Waals surface area contributed by atoms with Crippen LogP contribution in [0.3, 0.4) is 0 Å². The molecule has 1 heterocycles. The minimum Gasteiger partial charge on any atom is -0.463 e. The van der Waals surface area contributed by atoms with E-state index in [-0.39, 0.29) is 16.4 Å². The van der Waals surface area contributed by atoms with Crippen LogP contribution in [-0.2, 0) is 0 Å². The van der Waals surface area contributed by atoms with Gasteiger partial charge in [0.25, 0.3) is 0 Å². The second-order valence-corrected chi connectivity index (χ2v) is 6.44. The molecule has 0 fully saturated rings. The molecular formula is C18H14BrClN2O4. The average Bonchev–Trinajstić information content (AvgIpc) is 2.64. The molecule has 0 spiro atoms. The fraction of sp³-hybridized carbons (Fsp3) is 0.111. The molecule has 0 radical (unpaired) electrons. The van der Waals surface area contributed by atoms with Gasteiger partial charge < -0.3 is 14.9 Å². The average molecular weight is 438 g/mol. The Morgan fingerprint density at radius 3 is 2.54 bits per heavy atom. The van der Waals surface area contributed by atoms with E-state index in [0.29, 0.717) is 28.7 Å². The summed E-state index contributed by atoms with van der Waals surface area (Å²) in [5.41, 5.74) is 5.91. The molecule has 1 aromatic heterocycles. The summed E-state index contributed by atoms with van der Waals surface area (Å²) in [5.74, 6) is -0.0359. The molecule has 0 aliphatic rings. The first-order valence-corrected chi connectivity index (χ1v) is 9.12. The highest BCUT2D eigenvalue weighted by Crippen LogP contribution is 2.34. The summed E-state index contributed by atoms with van der Waals surface area (Å²) in [6.07, 6.45) is 0. The number of rotatable bonds is 5. The van der Waals surface area contributed by atoms with Gasteiger partial charge in [-0.15, -0.1) is 0 Å². The van der Waals surface area contributed by atoms with Gasteiger partial charge in [0.1, 0.15) is 11.6 Å². The Kier molecular flexibility index (Phi) is 5.49. The number of benzene rings is 2. The maximum absolute atomic E-state index is 12.3. The zero-order chi connectivity index (χ0) is 18.7. The third kappa shape index (κ3) is 3.54. The molecule has 0 saturated carbocycles. The fourth-order valence-electron chi connectivity index (χ4n) is 2.53. The second kappa shape index (κ2) is 7.80. The number of nitrogens with zero attached hydrogens (tertiary/aromatic N) is 1. The van der Waals surface area contributed by atoms with Gasteiger partial charge in [0.2, 0.25) is 0 Å². The molecule has 6 nitrogen and oxygen atoms in total. The quantitative estimate of drug-likeness (QED) is 0.598. The number of alkyl halides is 1. The van der Waals surface area contributed by atoms with Gasteiger partial charge >= 0.3 is 17.6 Å². The summed E-state index contributed by atoms with van der Waals surface area (Å²) in [6, 6.07) is 13.0. The number of halogens is 2. The Hall–Kier alpha value is -2.51. The summed E-state index contributed by atoms with van der Waals surface area (Å²) in [5, 5.41) is 1.45. The molecule has 2 N–H and O–H groups in total. The van der Waals surface area contributed by atoms with Gasteiger partial charge in [-0.2, -0.15) is 0 Å². The first-order valence-electron chi connectivity index (χ1n) is 7.62. The number of amides is 2. The van der Waals surface area contributed by atoms with Crippen LogP contribution in [-0.4, -0.2) is 18.0 Å². The van der Waals surface area contributed by atoms with Crippen LogP contribution in [0.15, 0.2) is 57.7 Å². The van der Waals surface area contributed by atoms with Crippen molar-refractivity contribution in [3.8, 4) is 5.95 Å². The molecule has 3 rings (SSSR count). The highest BCUT2D eigenvalue weighted by Gasteiger charge is 2.19. The van der Waals surface area contributed by atoms with Crippen molar-refractivity contribution >= 4 is 55.7 Å². The summed E-state index contributed by atoms with van der Waals surface area (Å²) >= 11 is 9.51. The predicted octanol–water partition coefficient (Wildman–Crippen LogP) is 4.44. The molecule has 0 saturated heterocycles. The van der Waals surface area contributed by atoms with E-state index in [2.05, 4.69) is 15.9 Å². The van der Waals surface area contributed by atoms with Crippen molar-refractivity contribution in [3.63, 3.8) is 0 Å². The highest BCUT2D eigenvalue weighted by molar-refractivity contribution is 9.09. The lowest BCUT2D eigenvalue weighted by Crippen LogP contribution is -2.31. The SMILES string of the molecule is NC(=O)N(c1ccccc1)c1ccc2c(Cl)c(OCCBr)oc(=O)c2c1. The lowest BCUT2D eigenvalue weighted by atomic mass is 10.1. The van der Waals surface area contributed by atoms with Crippen LogP contribution in [0.5, 0.6) is 5.95 Å². The number of anilines is 2. The van der Waals surface area contributed by atoms with E-state index in [1.54, 1.807) is 36.4 Å². The standard InChI is InChI=1S/C18H14BrClN2O4/c19-8-9-25-17-15(20)13-7-6-12(10-14(13)16(23)26-17)22(18(21)24)11-4-2-1-3-5-11/h1-7,10H,8-9H2,(H2,21,24). The van der Waals surface area contributed by atoms with E-state index in [0.717, 1.165) is 0 Å². The normalized spacial score (nSPS) is 10.7. The molecule has 0 unspecified atom stereocenters. The maximum Gasteiger partial charge on any atom is 0.346 e. The van der Waals surface area contributed by atoms with Gasteiger partial charge in [0.05, 0.1) is 16.8 Å². The fourth-order valence-corrected chi connectivity index (χ4v) is 2.95. The number of para-hydroxylation sites is 1. The van der Waals surface area contributed by atoms with Crippen LogP contribution in [0, 0.1) is 0 Å². The van der Waals surface area contributed by atoms with Crippen LogP contribution in [0.25, 0.3) is 10.8 Å². The van der Waals surface area contributed by atoms with Crippen molar-refractivity contribution in [1.82, 2.24) is 0 Å². The van der Waals surface area contributed by atoms with Gasteiger partial charge in [-0.1, -0.05) is 51.8 Å². The monoisotopic (exact) mass is 436 g/mol. The van der Waals surface area contributed by atoms with Gasteiger partial charge in [-0.25, -0.2) is 9.59 Å². The van der Waals surface area contributed by atoms with Gasteiger partial charge in [0.15, 0.2) is 0 Å². The summed E-state index contributed by atoms with van der Waals surface area (Å²) in [6.45, 7) is 0.301. The van der Waals surface area contributed by atoms with Gasteiger partial charge in [0, 0.05) is 10.7 Å². The number of urea groups is 1. The van der Waals surface area contributed by atoms with Crippen LogP contribution < -0.4 is 21.0 Å². The third-order valence-corrected chi connectivity index (χ3v) is 4.31. The van der Waals surface area contributed by atoms with Crippen molar-refractivity contribution in [2.75, 3.05) is 16.8 Å². The Labute approximate surface area is 162 Å². The van der Waals surface area contributed by atoms with E-state index in [9.17, 15) is 9.59 Å². The van der Waals surface area contributed by atoms with Gasteiger partial charge in [-0.05, 0) is 24.3 Å². The number of primary amides is 1. The summed E-state index contributed by atoms with van der Waals surface area (Å²) in [4.78, 5) is 25.6. The Morgan fingerprint density at radius 1 is 1.15 bits per heavy atom. The smallest absolute Gasteiger partial charge is 0.346 e. The van der Waals surface area contributed by atoms with Crippen LogP contribution in [0.2, 0.25) is 5.02 Å². The molecule has 0 bridgehead atoms. The number of hydrogen-bond acceptors (Lipinski definition) is 4. The Balaban J connectivity index is 2.13. The molecule has 8 heteroatoms. The van der Waals surface area contributed by atoms with Crippen LogP contribution in [0.4, 0.5) is 16.2 Å². The lowest BCUT2D eigenvalue weighted by molar-refractivity contribution is 0.249. The van der Waals surface area contributed by atoms with E-state index >= 15 is 0 Å². The first kappa shape index (κ1) is 18.3. The number of carbonyl (C=O) groups is 1. The van der Waals surface area contributed by atoms with E-state index in [1.807, 2.05) is 6.07 Å². The third-order valence-electron chi connectivity index (χ3n) is 3.63. The lowest BCUT2D eigenvalue weighted by Gasteiger charge is -2.21. The van der Waals surface area contributed by atoms with Crippen molar-refractivity contribution in [3.05, 3.63) is 64.0 Å². The minimum absolute atomic E-state index is 0.0359. The van der Waals surface area contributed by atoms with Crippen LogP contribution in [0.1, 0.15) is 0 Å². The maximum atomic E-state index is 12.3. The van der Waals surface area contributed by atoms with E-state index in [1.165, 1.54) is 11.0 Å². The number of hydrogen-bond donors (Lipinski definition) is 1. The summed E-state index contributed by atoms with van der Waals surface area (Å²) < 4.78 is 10.5. The molecule has 134 valence electrons. The van der Waals surface area contributed by atoms with Crippen LogP contribution >= 0.6 is 27.5 Å². The number of ether oxygens (including phenoxy) is 1. The molecule has 26 heavy (non-hydrogen) atoms. The number of nitrogens with two attached hydrogens (primary N) is 1.